The van der Waals surface area contributed by atoms with Crippen molar-refractivity contribution in [3.8, 4) is 0 Å². The summed E-state index contributed by atoms with van der Waals surface area (Å²) in [6, 6.07) is 3.62. The monoisotopic (exact) mass is 384 g/mol. The number of amides is 1. The summed E-state index contributed by atoms with van der Waals surface area (Å²) in [5.41, 5.74) is 1.52. The van der Waals surface area contributed by atoms with Gasteiger partial charge in [-0.2, -0.15) is 0 Å². The molecule has 3 rings (SSSR count). The number of carbonyl (C=O) groups excluding carboxylic acids is 1. The highest BCUT2D eigenvalue weighted by atomic mass is 79.9. The highest BCUT2D eigenvalue weighted by Crippen LogP contribution is 2.35. The Morgan fingerprint density at radius 1 is 1.55 bits per heavy atom. The van der Waals surface area contributed by atoms with Crippen molar-refractivity contribution in [2.24, 2.45) is 5.92 Å². The van der Waals surface area contributed by atoms with Gasteiger partial charge < -0.3 is 14.6 Å². The van der Waals surface area contributed by atoms with E-state index in [9.17, 15) is 4.79 Å². The van der Waals surface area contributed by atoms with E-state index < -0.39 is 0 Å². The Kier molecular flexibility index (Phi) is 4.48. The lowest BCUT2D eigenvalue weighted by Crippen LogP contribution is -2.30. The molecule has 2 heterocycles. The fraction of sp³-hybridized carbons (Fsp3) is 0.438. The molecule has 4 nitrogen and oxygen atoms in total. The minimum absolute atomic E-state index is 0.0321. The molecule has 1 aliphatic rings. The zero-order valence-corrected chi connectivity index (χ0v) is 14.9. The molecule has 0 spiro atoms. The van der Waals surface area contributed by atoms with Crippen LogP contribution in [0, 0.1) is 12.8 Å². The van der Waals surface area contributed by atoms with Crippen molar-refractivity contribution in [2.45, 2.75) is 13.3 Å². The SMILES string of the molecule is CNCC1CCN(C(=O)c2oc3c(Br)cc(Cl)cc3c2C)C1. The molecule has 0 bridgehead atoms. The molecule has 6 heteroatoms. The average Bonchev–Trinajstić information content (AvgIpc) is 3.05. The molecule has 1 aromatic carbocycles. The van der Waals surface area contributed by atoms with E-state index in [4.69, 9.17) is 16.0 Å². The van der Waals surface area contributed by atoms with Gasteiger partial charge in [0.2, 0.25) is 0 Å². The summed E-state index contributed by atoms with van der Waals surface area (Å²) in [7, 11) is 1.94. The first-order chi connectivity index (χ1) is 10.5. The van der Waals surface area contributed by atoms with Gasteiger partial charge in [-0.15, -0.1) is 0 Å². The van der Waals surface area contributed by atoms with Crippen molar-refractivity contribution < 1.29 is 9.21 Å². The number of hydrogen-bond donors (Lipinski definition) is 1. The molecule has 1 atom stereocenters. The quantitative estimate of drug-likeness (QED) is 0.873. The van der Waals surface area contributed by atoms with Gasteiger partial charge in [-0.3, -0.25) is 4.79 Å². The van der Waals surface area contributed by atoms with Crippen molar-refractivity contribution >= 4 is 44.4 Å². The molecule has 0 radical (unpaired) electrons. The Morgan fingerprint density at radius 3 is 3.05 bits per heavy atom. The number of hydrogen-bond acceptors (Lipinski definition) is 3. The Morgan fingerprint density at radius 2 is 2.32 bits per heavy atom. The van der Waals surface area contributed by atoms with Gasteiger partial charge in [0.25, 0.3) is 5.91 Å². The second kappa shape index (κ2) is 6.22. The molecule has 1 unspecified atom stereocenters. The molecule has 0 saturated carbocycles. The second-order valence-electron chi connectivity index (χ2n) is 5.78. The summed E-state index contributed by atoms with van der Waals surface area (Å²) in [4.78, 5) is 14.6. The Hall–Kier alpha value is -1.04. The molecule has 1 amide bonds. The first kappa shape index (κ1) is 15.8. The van der Waals surface area contributed by atoms with Gasteiger partial charge in [0.15, 0.2) is 5.76 Å². The summed E-state index contributed by atoms with van der Waals surface area (Å²) >= 11 is 9.54. The highest BCUT2D eigenvalue weighted by molar-refractivity contribution is 9.10. The van der Waals surface area contributed by atoms with Crippen LogP contribution in [0.5, 0.6) is 0 Å². The van der Waals surface area contributed by atoms with Crippen molar-refractivity contribution in [2.75, 3.05) is 26.7 Å². The average molecular weight is 386 g/mol. The number of halogens is 2. The van der Waals surface area contributed by atoms with E-state index in [1.807, 2.05) is 24.9 Å². The first-order valence-corrected chi connectivity index (χ1v) is 8.50. The molecule has 1 aliphatic heterocycles. The van der Waals surface area contributed by atoms with E-state index in [-0.39, 0.29) is 5.91 Å². The van der Waals surface area contributed by atoms with Crippen LogP contribution in [-0.2, 0) is 0 Å². The lowest BCUT2D eigenvalue weighted by Gasteiger charge is -2.15. The van der Waals surface area contributed by atoms with Crippen LogP contribution in [0.25, 0.3) is 11.0 Å². The predicted octanol–water partition coefficient (Wildman–Crippen LogP) is 3.84. The third kappa shape index (κ3) is 2.77. The molecule has 1 aromatic heterocycles. The van der Waals surface area contributed by atoms with Gasteiger partial charge in [-0.05, 0) is 60.9 Å². The van der Waals surface area contributed by atoms with Crippen LogP contribution in [0.1, 0.15) is 22.5 Å². The maximum absolute atomic E-state index is 12.7. The Labute approximate surface area is 142 Å². The molecule has 22 heavy (non-hydrogen) atoms. The largest absolute Gasteiger partial charge is 0.449 e. The van der Waals surface area contributed by atoms with E-state index >= 15 is 0 Å². The molecule has 0 aliphatic carbocycles. The molecule has 1 saturated heterocycles. The number of fused-ring (bicyclic) bond motifs is 1. The lowest BCUT2D eigenvalue weighted by atomic mass is 10.1. The topological polar surface area (TPSA) is 45.5 Å². The van der Waals surface area contributed by atoms with Crippen LogP contribution in [0.15, 0.2) is 21.0 Å². The number of nitrogens with zero attached hydrogens (tertiary/aromatic N) is 1. The van der Waals surface area contributed by atoms with Crippen molar-refractivity contribution in [3.63, 3.8) is 0 Å². The summed E-state index contributed by atoms with van der Waals surface area (Å²) in [5.74, 6) is 0.901. The number of aryl methyl sites for hydroxylation is 1. The van der Waals surface area contributed by atoms with Gasteiger partial charge in [0, 0.05) is 29.1 Å². The van der Waals surface area contributed by atoms with Gasteiger partial charge in [0.05, 0.1) is 4.47 Å². The van der Waals surface area contributed by atoms with Crippen molar-refractivity contribution in [1.82, 2.24) is 10.2 Å². The standard InChI is InChI=1S/C16H18BrClN2O2/c1-9-12-5-11(18)6-13(17)15(12)22-14(9)16(21)20-4-3-10(8-20)7-19-2/h5-6,10,19H,3-4,7-8H2,1-2H3. The van der Waals surface area contributed by atoms with E-state index in [0.717, 1.165) is 41.5 Å². The van der Waals surface area contributed by atoms with Crippen LogP contribution < -0.4 is 5.32 Å². The van der Waals surface area contributed by atoms with Crippen LogP contribution in [0.2, 0.25) is 5.02 Å². The van der Waals surface area contributed by atoms with Gasteiger partial charge in [0.1, 0.15) is 5.58 Å². The van der Waals surface area contributed by atoms with E-state index in [1.165, 1.54) is 0 Å². The molecule has 1 fully saturated rings. The zero-order valence-electron chi connectivity index (χ0n) is 12.6. The fourth-order valence-corrected chi connectivity index (χ4v) is 3.95. The van der Waals surface area contributed by atoms with Crippen LogP contribution >= 0.6 is 27.5 Å². The van der Waals surface area contributed by atoms with E-state index in [0.29, 0.717) is 22.3 Å². The Balaban J connectivity index is 1.92. The molecular formula is C16H18BrClN2O2. The third-order valence-corrected chi connectivity index (χ3v) is 5.02. The fourth-order valence-electron chi connectivity index (χ4n) is 3.06. The minimum atomic E-state index is -0.0321. The molecule has 118 valence electrons. The molecule has 2 aromatic rings. The van der Waals surface area contributed by atoms with Gasteiger partial charge in [-0.1, -0.05) is 11.6 Å². The second-order valence-corrected chi connectivity index (χ2v) is 7.07. The number of nitrogens with one attached hydrogen (secondary N) is 1. The highest BCUT2D eigenvalue weighted by Gasteiger charge is 2.30. The number of rotatable bonds is 3. The number of furan rings is 1. The number of carbonyl (C=O) groups is 1. The minimum Gasteiger partial charge on any atom is -0.449 e. The maximum Gasteiger partial charge on any atom is 0.289 e. The maximum atomic E-state index is 12.7. The van der Waals surface area contributed by atoms with Crippen molar-refractivity contribution in [1.29, 1.82) is 0 Å². The third-order valence-electron chi connectivity index (χ3n) is 4.22. The normalized spacial score (nSPS) is 18.4. The van der Waals surface area contributed by atoms with E-state index in [2.05, 4.69) is 21.2 Å². The Bertz CT molecular complexity index is 728. The summed E-state index contributed by atoms with van der Waals surface area (Å²) in [5, 5.41) is 4.68. The molecule has 1 N–H and O–H groups in total. The predicted molar refractivity (Wildman–Crippen MR) is 91.6 cm³/mol. The van der Waals surface area contributed by atoms with Gasteiger partial charge >= 0.3 is 0 Å². The summed E-state index contributed by atoms with van der Waals surface area (Å²) < 4.78 is 6.61. The van der Waals surface area contributed by atoms with Crippen LogP contribution in [-0.4, -0.2) is 37.5 Å². The zero-order chi connectivity index (χ0) is 15.9. The van der Waals surface area contributed by atoms with Crippen LogP contribution in [0.3, 0.4) is 0 Å². The number of benzene rings is 1. The molecular weight excluding hydrogens is 368 g/mol. The lowest BCUT2D eigenvalue weighted by molar-refractivity contribution is 0.0757. The van der Waals surface area contributed by atoms with Crippen LogP contribution in [0.4, 0.5) is 0 Å². The van der Waals surface area contributed by atoms with Gasteiger partial charge in [-0.25, -0.2) is 0 Å². The first-order valence-electron chi connectivity index (χ1n) is 7.33. The summed E-state index contributed by atoms with van der Waals surface area (Å²) in [6.07, 6.45) is 1.03. The van der Waals surface area contributed by atoms with Crippen molar-refractivity contribution in [3.05, 3.63) is 33.0 Å². The smallest absolute Gasteiger partial charge is 0.289 e. The summed E-state index contributed by atoms with van der Waals surface area (Å²) in [6.45, 7) is 4.40. The van der Waals surface area contributed by atoms with E-state index in [1.54, 1.807) is 6.07 Å². The number of likely N-dealkylation sites (tertiary alicyclic amines) is 1.